The van der Waals surface area contributed by atoms with E-state index in [1.165, 1.54) is 4.31 Å². The molecule has 1 N–H and O–H groups in total. The Morgan fingerprint density at radius 2 is 1.93 bits per heavy atom. The minimum absolute atomic E-state index is 0.291. The number of sulfonamides is 1. The maximum atomic E-state index is 12.6. The van der Waals surface area contributed by atoms with Gasteiger partial charge in [-0.25, -0.2) is 8.42 Å². The summed E-state index contributed by atoms with van der Waals surface area (Å²) in [5, 5.41) is 2.87. The third-order valence-corrected chi connectivity index (χ3v) is 6.13. The molecule has 0 bridgehead atoms. The van der Waals surface area contributed by atoms with Gasteiger partial charge in [0.2, 0.25) is 15.9 Å². The van der Waals surface area contributed by atoms with E-state index in [-0.39, 0.29) is 5.91 Å². The topological polar surface area (TPSA) is 79.0 Å². The number of rotatable bonds is 8. The molecule has 1 amide bonds. The van der Waals surface area contributed by atoms with Gasteiger partial charge >= 0.3 is 0 Å². The molecule has 27 heavy (non-hydrogen) atoms. The van der Waals surface area contributed by atoms with Crippen LogP contribution in [0.25, 0.3) is 0 Å². The summed E-state index contributed by atoms with van der Waals surface area (Å²) in [6.45, 7) is 10.3. The van der Waals surface area contributed by atoms with Crippen LogP contribution >= 0.6 is 0 Å². The third-order valence-electron chi connectivity index (χ3n) is 4.89. The van der Waals surface area contributed by atoms with Crippen molar-refractivity contribution >= 4 is 21.6 Å². The minimum Gasteiger partial charge on any atom is -0.379 e. The molecule has 1 heterocycles. The van der Waals surface area contributed by atoms with Gasteiger partial charge in [0, 0.05) is 19.6 Å². The first-order valence-electron chi connectivity index (χ1n) is 9.34. The predicted octanol–water partition coefficient (Wildman–Crippen LogP) is 1.30. The summed E-state index contributed by atoms with van der Waals surface area (Å²) in [5.41, 5.74) is 2.57. The number of ether oxygens (including phenoxy) is 1. The summed E-state index contributed by atoms with van der Waals surface area (Å²) in [5.74, 6) is -0.291. The second-order valence-electron chi connectivity index (χ2n) is 7.10. The third kappa shape index (κ3) is 6.19. The number of morpholine rings is 1. The highest BCUT2D eigenvalue weighted by Gasteiger charge is 2.29. The molecular weight excluding hydrogens is 366 g/mol. The van der Waals surface area contributed by atoms with Crippen molar-refractivity contribution in [3.63, 3.8) is 0 Å². The van der Waals surface area contributed by atoms with Crippen LogP contribution in [-0.2, 0) is 19.6 Å². The van der Waals surface area contributed by atoms with E-state index in [4.69, 9.17) is 4.74 Å². The van der Waals surface area contributed by atoms with Gasteiger partial charge in [-0.2, -0.15) is 0 Å². The molecule has 8 heteroatoms. The first kappa shape index (κ1) is 21.7. The van der Waals surface area contributed by atoms with Crippen LogP contribution < -0.4 is 9.62 Å². The van der Waals surface area contributed by atoms with Crippen molar-refractivity contribution in [2.45, 2.75) is 33.2 Å². The number of aryl methyl sites for hydroxylation is 2. The van der Waals surface area contributed by atoms with Crippen molar-refractivity contribution in [2.75, 3.05) is 50.0 Å². The van der Waals surface area contributed by atoms with Crippen LogP contribution in [0.15, 0.2) is 18.2 Å². The van der Waals surface area contributed by atoms with Gasteiger partial charge in [-0.05, 0) is 57.0 Å². The van der Waals surface area contributed by atoms with Crippen molar-refractivity contribution in [3.05, 3.63) is 29.3 Å². The molecule has 1 aliphatic heterocycles. The minimum atomic E-state index is -3.59. The predicted molar refractivity (Wildman–Crippen MR) is 108 cm³/mol. The van der Waals surface area contributed by atoms with Crippen molar-refractivity contribution < 1.29 is 17.9 Å². The molecule has 0 aromatic heterocycles. The highest BCUT2D eigenvalue weighted by Crippen LogP contribution is 2.23. The number of hydrogen-bond acceptors (Lipinski definition) is 5. The van der Waals surface area contributed by atoms with Crippen LogP contribution in [0.5, 0.6) is 0 Å². The average molecular weight is 398 g/mol. The van der Waals surface area contributed by atoms with Gasteiger partial charge in [-0.1, -0.05) is 6.07 Å². The molecule has 1 atom stereocenters. The molecule has 1 aromatic rings. The highest BCUT2D eigenvalue weighted by molar-refractivity contribution is 7.92. The Labute approximate surface area is 162 Å². The normalized spacial score (nSPS) is 16.7. The van der Waals surface area contributed by atoms with E-state index in [0.29, 0.717) is 12.2 Å². The zero-order chi connectivity index (χ0) is 20.0. The first-order valence-corrected chi connectivity index (χ1v) is 11.2. The summed E-state index contributed by atoms with van der Waals surface area (Å²) < 4.78 is 31.2. The van der Waals surface area contributed by atoms with Gasteiger partial charge in [0.15, 0.2) is 0 Å². The number of carbonyl (C=O) groups is 1. The lowest BCUT2D eigenvalue weighted by Gasteiger charge is -2.29. The Hall–Kier alpha value is -1.64. The van der Waals surface area contributed by atoms with E-state index < -0.39 is 16.1 Å². The van der Waals surface area contributed by atoms with Crippen LogP contribution in [0.2, 0.25) is 0 Å². The van der Waals surface area contributed by atoms with E-state index in [1.807, 2.05) is 19.9 Å². The van der Waals surface area contributed by atoms with Crippen molar-refractivity contribution in [1.82, 2.24) is 10.2 Å². The standard InChI is InChI=1S/C19H31N3O4S/c1-15-6-7-18(14-16(15)2)22(27(4,24)25)17(3)19(23)20-8-5-9-21-10-12-26-13-11-21/h6-7,14,17H,5,8-13H2,1-4H3,(H,20,23)/t17-/m0/s1. The van der Waals surface area contributed by atoms with Gasteiger partial charge in [-0.15, -0.1) is 0 Å². The Bertz CT molecular complexity index is 745. The lowest BCUT2D eigenvalue weighted by molar-refractivity contribution is -0.121. The number of nitrogens with zero attached hydrogens (tertiary/aromatic N) is 2. The van der Waals surface area contributed by atoms with Crippen LogP contribution in [0.4, 0.5) is 5.69 Å². The maximum Gasteiger partial charge on any atom is 0.243 e. The molecule has 0 saturated carbocycles. The molecule has 1 aliphatic rings. The highest BCUT2D eigenvalue weighted by atomic mass is 32.2. The molecule has 0 spiro atoms. The molecule has 0 unspecified atom stereocenters. The van der Waals surface area contributed by atoms with E-state index >= 15 is 0 Å². The zero-order valence-corrected chi connectivity index (χ0v) is 17.5. The van der Waals surface area contributed by atoms with Crippen LogP contribution in [-0.4, -0.2) is 70.9 Å². The van der Waals surface area contributed by atoms with Crippen molar-refractivity contribution in [1.29, 1.82) is 0 Å². The largest absolute Gasteiger partial charge is 0.379 e. The number of amides is 1. The Morgan fingerprint density at radius 3 is 2.52 bits per heavy atom. The summed E-state index contributed by atoms with van der Waals surface area (Å²) in [6.07, 6.45) is 1.95. The quantitative estimate of drug-likeness (QED) is 0.669. The fraction of sp³-hybridized carbons (Fsp3) is 0.632. The molecular formula is C19H31N3O4S. The molecule has 0 aliphatic carbocycles. The fourth-order valence-electron chi connectivity index (χ4n) is 3.16. The van der Waals surface area contributed by atoms with Gasteiger partial charge in [-0.3, -0.25) is 14.0 Å². The lowest BCUT2D eigenvalue weighted by Crippen LogP contribution is -2.48. The van der Waals surface area contributed by atoms with E-state index in [2.05, 4.69) is 10.2 Å². The molecule has 152 valence electrons. The van der Waals surface area contributed by atoms with E-state index in [1.54, 1.807) is 19.1 Å². The number of anilines is 1. The number of carbonyl (C=O) groups excluding carboxylic acids is 1. The molecule has 1 aromatic carbocycles. The molecule has 0 radical (unpaired) electrons. The number of nitrogens with one attached hydrogen (secondary N) is 1. The lowest BCUT2D eigenvalue weighted by atomic mass is 10.1. The van der Waals surface area contributed by atoms with Gasteiger partial charge in [0.05, 0.1) is 25.2 Å². The van der Waals surface area contributed by atoms with Crippen LogP contribution in [0.3, 0.4) is 0 Å². The smallest absolute Gasteiger partial charge is 0.243 e. The van der Waals surface area contributed by atoms with Crippen molar-refractivity contribution in [3.8, 4) is 0 Å². The Kier molecular flexibility index (Phi) is 7.64. The van der Waals surface area contributed by atoms with Gasteiger partial charge in [0.1, 0.15) is 6.04 Å². The molecule has 2 rings (SSSR count). The van der Waals surface area contributed by atoms with E-state index in [9.17, 15) is 13.2 Å². The summed E-state index contributed by atoms with van der Waals surface area (Å²) in [6, 6.07) is 4.60. The fourth-order valence-corrected chi connectivity index (χ4v) is 4.32. The summed E-state index contributed by atoms with van der Waals surface area (Å²) in [7, 11) is -3.59. The monoisotopic (exact) mass is 397 g/mol. The van der Waals surface area contributed by atoms with Gasteiger partial charge < -0.3 is 10.1 Å². The average Bonchev–Trinajstić information content (AvgIpc) is 2.61. The van der Waals surface area contributed by atoms with Crippen LogP contribution in [0.1, 0.15) is 24.5 Å². The second kappa shape index (κ2) is 9.52. The molecule has 1 fully saturated rings. The number of hydrogen-bond donors (Lipinski definition) is 1. The number of benzene rings is 1. The maximum absolute atomic E-state index is 12.6. The zero-order valence-electron chi connectivity index (χ0n) is 16.7. The summed E-state index contributed by atoms with van der Waals surface area (Å²) >= 11 is 0. The van der Waals surface area contributed by atoms with E-state index in [0.717, 1.165) is 56.7 Å². The first-order chi connectivity index (χ1) is 12.7. The molecule has 1 saturated heterocycles. The SMILES string of the molecule is Cc1ccc(N([C@@H](C)C(=O)NCCCN2CCOCC2)S(C)(=O)=O)cc1C. The molecule has 7 nitrogen and oxygen atoms in total. The summed E-state index contributed by atoms with van der Waals surface area (Å²) in [4.78, 5) is 14.9. The Balaban J connectivity index is 1.96. The Morgan fingerprint density at radius 1 is 1.26 bits per heavy atom. The van der Waals surface area contributed by atoms with Crippen molar-refractivity contribution in [2.24, 2.45) is 0 Å². The van der Waals surface area contributed by atoms with Gasteiger partial charge in [0.25, 0.3) is 0 Å². The second-order valence-corrected chi connectivity index (χ2v) is 8.96. The van der Waals surface area contributed by atoms with Crippen LogP contribution in [0, 0.1) is 13.8 Å².